The molecule has 0 amide bonds. The van der Waals surface area contributed by atoms with Gasteiger partial charge in [-0.3, -0.25) is 0 Å². The van der Waals surface area contributed by atoms with Gasteiger partial charge in [0.05, 0.1) is 12.1 Å². The first-order chi connectivity index (χ1) is 6.98. The van der Waals surface area contributed by atoms with Crippen LogP contribution < -0.4 is 10.1 Å². The number of ether oxygens (including phenoxy) is 1. The molecular formula is C10H12N2O3. The van der Waals surface area contributed by atoms with Gasteiger partial charge >= 0.3 is 5.97 Å². The number of aromatic carboxylic acids is 1. The number of hydrogen-bond acceptors (Lipinski definition) is 4. The third-order valence-electron chi connectivity index (χ3n) is 2.17. The summed E-state index contributed by atoms with van der Waals surface area (Å²) in [5, 5.41) is 11.9. The van der Waals surface area contributed by atoms with Gasteiger partial charge in [0.25, 0.3) is 0 Å². The lowest BCUT2D eigenvalue weighted by Gasteiger charge is -2.32. The molecule has 2 N–H and O–H groups in total. The molecule has 15 heavy (non-hydrogen) atoms. The van der Waals surface area contributed by atoms with E-state index in [9.17, 15) is 4.79 Å². The molecule has 1 aromatic rings. The summed E-state index contributed by atoms with van der Waals surface area (Å²) in [6, 6.07) is 1.48. The van der Waals surface area contributed by atoms with E-state index in [4.69, 9.17) is 9.84 Å². The summed E-state index contributed by atoms with van der Waals surface area (Å²) >= 11 is 0. The molecule has 0 saturated heterocycles. The van der Waals surface area contributed by atoms with E-state index in [2.05, 4.69) is 10.3 Å². The predicted octanol–water partition coefficient (Wildman–Crippen LogP) is 1.36. The van der Waals surface area contributed by atoms with E-state index in [-0.39, 0.29) is 11.2 Å². The van der Waals surface area contributed by atoms with E-state index in [1.165, 1.54) is 12.3 Å². The number of fused-ring (bicyclic) bond motifs is 1. The second-order valence-corrected chi connectivity index (χ2v) is 4.09. The second-order valence-electron chi connectivity index (χ2n) is 4.09. The highest BCUT2D eigenvalue weighted by molar-refractivity contribution is 5.88. The molecule has 0 atom stereocenters. The van der Waals surface area contributed by atoms with Crippen LogP contribution >= 0.6 is 0 Å². The zero-order valence-electron chi connectivity index (χ0n) is 8.57. The Morgan fingerprint density at radius 2 is 2.40 bits per heavy atom. The van der Waals surface area contributed by atoms with Crippen LogP contribution in [0.25, 0.3) is 0 Å². The fraction of sp³-hybridized carbons (Fsp3) is 0.400. The van der Waals surface area contributed by atoms with Gasteiger partial charge in [0.1, 0.15) is 5.60 Å². The van der Waals surface area contributed by atoms with Crippen molar-refractivity contribution in [2.24, 2.45) is 0 Å². The molecule has 2 heterocycles. The van der Waals surface area contributed by atoms with Crippen LogP contribution in [0.3, 0.4) is 0 Å². The molecule has 0 aliphatic carbocycles. The first-order valence-electron chi connectivity index (χ1n) is 4.64. The number of carbonyl (C=O) groups is 1. The number of nitrogens with one attached hydrogen (secondary N) is 1. The molecule has 1 aliphatic rings. The van der Waals surface area contributed by atoms with Gasteiger partial charge in [-0.15, -0.1) is 0 Å². The molecular weight excluding hydrogens is 196 g/mol. The summed E-state index contributed by atoms with van der Waals surface area (Å²) in [5.74, 6) is 0.0859. The third-order valence-corrected chi connectivity index (χ3v) is 2.17. The van der Waals surface area contributed by atoms with Crippen molar-refractivity contribution in [1.29, 1.82) is 0 Å². The Morgan fingerprint density at radius 1 is 1.67 bits per heavy atom. The Kier molecular flexibility index (Phi) is 2.03. The first kappa shape index (κ1) is 9.76. The monoisotopic (exact) mass is 208 g/mol. The smallest absolute Gasteiger partial charge is 0.337 e. The van der Waals surface area contributed by atoms with Crippen LogP contribution in [0.2, 0.25) is 0 Å². The molecule has 0 unspecified atom stereocenters. The molecule has 5 heteroatoms. The highest BCUT2D eigenvalue weighted by Gasteiger charge is 2.27. The summed E-state index contributed by atoms with van der Waals surface area (Å²) in [4.78, 5) is 14.7. The van der Waals surface area contributed by atoms with Gasteiger partial charge in [0, 0.05) is 12.3 Å². The molecule has 0 spiro atoms. The standard InChI is InChI=1S/C10H12N2O3/c1-10(2)5-12-8-7(15-10)3-6(4-11-8)9(13)14/h3-4H,5H2,1-2H3,(H,11,12)(H,13,14). The summed E-state index contributed by atoms with van der Waals surface area (Å²) in [5.41, 5.74) is -0.209. The summed E-state index contributed by atoms with van der Waals surface area (Å²) in [7, 11) is 0. The molecule has 1 aliphatic heterocycles. The number of anilines is 1. The first-order valence-corrected chi connectivity index (χ1v) is 4.64. The van der Waals surface area contributed by atoms with Crippen molar-refractivity contribution < 1.29 is 14.6 Å². The summed E-state index contributed by atoms with van der Waals surface area (Å²) < 4.78 is 5.62. The minimum absolute atomic E-state index is 0.133. The van der Waals surface area contributed by atoms with E-state index in [1.54, 1.807) is 0 Å². The van der Waals surface area contributed by atoms with Crippen molar-refractivity contribution in [3.63, 3.8) is 0 Å². The van der Waals surface area contributed by atoms with Gasteiger partial charge in [-0.25, -0.2) is 9.78 Å². The lowest BCUT2D eigenvalue weighted by atomic mass is 10.1. The molecule has 80 valence electrons. The maximum atomic E-state index is 10.7. The largest absolute Gasteiger partial charge is 0.482 e. The van der Waals surface area contributed by atoms with E-state index in [1.807, 2.05) is 13.8 Å². The Morgan fingerprint density at radius 3 is 3.07 bits per heavy atom. The molecule has 0 saturated carbocycles. The van der Waals surface area contributed by atoms with Crippen molar-refractivity contribution in [2.75, 3.05) is 11.9 Å². The van der Waals surface area contributed by atoms with Crippen molar-refractivity contribution in [1.82, 2.24) is 4.98 Å². The maximum absolute atomic E-state index is 10.7. The topological polar surface area (TPSA) is 71.5 Å². The van der Waals surface area contributed by atoms with Gasteiger partial charge in [0.2, 0.25) is 0 Å². The van der Waals surface area contributed by atoms with Crippen LogP contribution in [0.1, 0.15) is 24.2 Å². The average molecular weight is 208 g/mol. The molecule has 1 aromatic heterocycles. The quantitative estimate of drug-likeness (QED) is 0.729. The summed E-state index contributed by atoms with van der Waals surface area (Å²) in [6.45, 7) is 4.51. The van der Waals surface area contributed by atoms with Crippen LogP contribution in [0.15, 0.2) is 12.3 Å². The predicted molar refractivity (Wildman–Crippen MR) is 54.4 cm³/mol. The van der Waals surface area contributed by atoms with Crippen molar-refractivity contribution in [3.8, 4) is 5.75 Å². The number of pyridine rings is 1. The molecule has 5 nitrogen and oxygen atoms in total. The SMILES string of the molecule is CC1(C)CNc2ncc(C(=O)O)cc2O1. The number of carboxylic acids is 1. The van der Waals surface area contributed by atoms with Gasteiger partial charge in [-0.2, -0.15) is 0 Å². The number of nitrogens with zero attached hydrogens (tertiary/aromatic N) is 1. The molecule has 0 aromatic carbocycles. The number of rotatable bonds is 1. The molecule has 0 bridgehead atoms. The number of carboxylic acid groups (broad SMARTS) is 1. The maximum Gasteiger partial charge on any atom is 0.337 e. The number of aromatic nitrogens is 1. The van der Waals surface area contributed by atoms with Crippen LogP contribution in [0, 0.1) is 0 Å². The van der Waals surface area contributed by atoms with E-state index in [0.717, 1.165) is 0 Å². The van der Waals surface area contributed by atoms with E-state index >= 15 is 0 Å². The van der Waals surface area contributed by atoms with E-state index < -0.39 is 5.97 Å². The second kappa shape index (κ2) is 3.12. The fourth-order valence-electron chi connectivity index (χ4n) is 1.40. The minimum Gasteiger partial charge on any atom is -0.482 e. The minimum atomic E-state index is -1.00. The van der Waals surface area contributed by atoms with Crippen LogP contribution in [-0.2, 0) is 0 Å². The Labute approximate surface area is 87.1 Å². The van der Waals surface area contributed by atoms with Gasteiger partial charge in [0.15, 0.2) is 11.6 Å². The average Bonchev–Trinajstić information content (AvgIpc) is 2.15. The Hall–Kier alpha value is -1.78. The third kappa shape index (κ3) is 1.86. The Bertz CT molecular complexity index is 415. The highest BCUT2D eigenvalue weighted by atomic mass is 16.5. The zero-order chi connectivity index (χ0) is 11.1. The number of hydrogen-bond donors (Lipinski definition) is 2. The van der Waals surface area contributed by atoms with Crippen molar-refractivity contribution in [2.45, 2.75) is 19.4 Å². The lowest BCUT2D eigenvalue weighted by molar-refractivity contribution is 0.0693. The molecule has 0 fully saturated rings. The lowest BCUT2D eigenvalue weighted by Crippen LogP contribution is -2.40. The van der Waals surface area contributed by atoms with Crippen molar-refractivity contribution in [3.05, 3.63) is 17.8 Å². The summed E-state index contributed by atoms with van der Waals surface area (Å²) in [6.07, 6.45) is 1.32. The van der Waals surface area contributed by atoms with Gasteiger partial charge in [-0.1, -0.05) is 0 Å². The molecule has 0 radical (unpaired) electrons. The van der Waals surface area contributed by atoms with Gasteiger partial charge in [-0.05, 0) is 13.8 Å². The van der Waals surface area contributed by atoms with Gasteiger partial charge < -0.3 is 15.2 Å². The highest BCUT2D eigenvalue weighted by Crippen LogP contribution is 2.31. The van der Waals surface area contributed by atoms with Crippen molar-refractivity contribution >= 4 is 11.8 Å². The molecule has 2 rings (SSSR count). The van der Waals surface area contributed by atoms with Crippen LogP contribution in [-0.4, -0.2) is 28.2 Å². The fourth-order valence-corrected chi connectivity index (χ4v) is 1.40. The Balaban J connectivity index is 2.39. The van der Waals surface area contributed by atoms with Crippen LogP contribution in [0.4, 0.5) is 5.82 Å². The zero-order valence-corrected chi connectivity index (χ0v) is 8.57. The normalized spacial score (nSPS) is 17.2. The van der Waals surface area contributed by atoms with Crippen LogP contribution in [0.5, 0.6) is 5.75 Å². The van der Waals surface area contributed by atoms with E-state index in [0.29, 0.717) is 18.1 Å².